The van der Waals surface area contributed by atoms with E-state index in [1.54, 1.807) is 34.5 Å². The maximum absolute atomic E-state index is 12.6. The van der Waals surface area contributed by atoms with E-state index in [1.807, 2.05) is 45.0 Å². The average molecular weight is 424 g/mol. The second kappa shape index (κ2) is 9.54. The van der Waals surface area contributed by atoms with Gasteiger partial charge >= 0.3 is 4.87 Å². The smallest absolute Gasteiger partial charge is 0.308 e. The van der Waals surface area contributed by atoms with Gasteiger partial charge in [0.25, 0.3) is 5.91 Å². The number of anilines is 1. The van der Waals surface area contributed by atoms with E-state index in [0.29, 0.717) is 24.3 Å². The zero-order chi connectivity index (χ0) is 21.7. The van der Waals surface area contributed by atoms with Gasteiger partial charge in [-0.15, -0.1) is 0 Å². The van der Waals surface area contributed by atoms with E-state index in [2.05, 4.69) is 5.32 Å². The van der Waals surface area contributed by atoms with Crippen LogP contribution in [-0.2, 0) is 11.3 Å². The third kappa shape index (κ3) is 4.68. The van der Waals surface area contributed by atoms with Crippen LogP contribution in [0.1, 0.15) is 29.8 Å². The van der Waals surface area contributed by atoms with Gasteiger partial charge in [-0.3, -0.25) is 19.0 Å². The Morgan fingerprint density at radius 2 is 1.70 bits per heavy atom. The molecule has 1 aromatic heterocycles. The molecule has 0 fully saturated rings. The number of nitrogens with one attached hydrogen (secondary N) is 1. The van der Waals surface area contributed by atoms with Gasteiger partial charge in [-0.05, 0) is 50.6 Å². The van der Waals surface area contributed by atoms with Crippen LogP contribution in [0, 0.1) is 6.92 Å². The van der Waals surface area contributed by atoms with Crippen molar-refractivity contribution in [3.05, 3.63) is 74.7 Å². The van der Waals surface area contributed by atoms with Crippen LogP contribution in [0.3, 0.4) is 0 Å². The molecule has 0 unspecified atom stereocenters. The van der Waals surface area contributed by atoms with Gasteiger partial charge in [0.15, 0.2) is 0 Å². The maximum atomic E-state index is 12.6. The molecule has 0 saturated carbocycles. The average Bonchev–Trinajstić information content (AvgIpc) is 3.09. The van der Waals surface area contributed by atoms with Crippen LogP contribution >= 0.6 is 11.3 Å². The van der Waals surface area contributed by atoms with Crippen molar-refractivity contribution in [2.24, 2.45) is 0 Å². The molecule has 0 bridgehead atoms. The van der Waals surface area contributed by atoms with Gasteiger partial charge in [0.2, 0.25) is 5.91 Å². The Balaban J connectivity index is 1.73. The molecule has 0 aliphatic carbocycles. The molecule has 0 aliphatic heterocycles. The minimum absolute atomic E-state index is 0.0365. The van der Waals surface area contributed by atoms with Crippen LogP contribution in [0.15, 0.2) is 58.7 Å². The summed E-state index contributed by atoms with van der Waals surface area (Å²) in [5.74, 6) is -0.335. The van der Waals surface area contributed by atoms with Gasteiger partial charge in [-0.2, -0.15) is 0 Å². The van der Waals surface area contributed by atoms with Crippen molar-refractivity contribution in [1.82, 2.24) is 9.47 Å². The number of aryl methyl sites for hydroxylation is 1. The topological polar surface area (TPSA) is 71.4 Å². The Kier molecular flexibility index (Phi) is 6.84. The van der Waals surface area contributed by atoms with E-state index in [0.717, 1.165) is 28.2 Å². The highest BCUT2D eigenvalue weighted by Gasteiger charge is 2.15. The minimum Gasteiger partial charge on any atom is -0.339 e. The third-order valence-electron chi connectivity index (χ3n) is 4.97. The Bertz CT molecular complexity index is 1100. The van der Waals surface area contributed by atoms with E-state index in [4.69, 9.17) is 0 Å². The second-order valence-corrected chi connectivity index (χ2v) is 7.71. The lowest BCUT2D eigenvalue weighted by Crippen LogP contribution is -2.30. The first-order chi connectivity index (χ1) is 14.4. The number of thiazole rings is 1. The first kappa shape index (κ1) is 21.5. The second-order valence-electron chi connectivity index (χ2n) is 6.89. The predicted octanol–water partition coefficient (Wildman–Crippen LogP) is 4.01. The molecule has 156 valence electrons. The summed E-state index contributed by atoms with van der Waals surface area (Å²) in [6.45, 7) is 7.06. The predicted molar refractivity (Wildman–Crippen MR) is 121 cm³/mol. The van der Waals surface area contributed by atoms with E-state index >= 15 is 0 Å². The van der Waals surface area contributed by atoms with E-state index in [1.165, 1.54) is 4.57 Å². The molecule has 0 spiro atoms. The fourth-order valence-electron chi connectivity index (χ4n) is 3.28. The minimum atomic E-state index is -0.298. The first-order valence-electron chi connectivity index (χ1n) is 9.88. The normalized spacial score (nSPS) is 10.6. The van der Waals surface area contributed by atoms with E-state index < -0.39 is 0 Å². The molecule has 0 radical (unpaired) electrons. The summed E-state index contributed by atoms with van der Waals surface area (Å²) in [5.41, 5.74) is 3.86. The van der Waals surface area contributed by atoms with Crippen molar-refractivity contribution >= 4 is 28.8 Å². The van der Waals surface area contributed by atoms with Crippen molar-refractivity contribution in [3.63, 3.8) is 0 Å². The number of amides is 2. The molecular weight excluding hydrogens is 398 g/mol. The van der Waals surface area contributed by atoms with Crippen molar-refractivity contribution in [2.75, 3.05) is 18.4 Å². The van der Waals surface area contributed by atoms with Crippen molar-refractivity contribution in [2.45, 2.75) is 27.3 Å². The number of carbonyl (C=O) groups excluding carboxylic acids is 2. The summed E-state index contributed by atoms with van der Waals surface area (Å²) in [6, 6.07) is 14.6. The molecule has 7 heteroatoms. The maximum Gasteiger partial charge on any atom is 0.308 e. The Morgan fingerprint density at radius 3 is 2.33 bits per heavy atom. The van der Waals surface area contributed by atoms with Gasteiger partial charge in [-0.1, -0.05) is 35.6 Å². The van der Waals surface area contributed by atoms with Crippen LogP contribution in [0.2, 0.25) is 0 Å². The molecule has 3 rings (SSSR count). The molecule has 0 atom stereocenters. The van der Waals surface area contributed by atoms with E-state index in [-0.39, 0.29) is 23.2 Å². The van der Waals surface area contributed by atoms with Gasteiger partial charge in [0, 0.05) is 35.3 Å². The fraction of sp³-hybridized carbons (Fsp3) is 0.261. The van der Waals surface area contributed by atoms with Gasteiger partial charge in [-0.25, -0.2) is 0 Å². The van der Waals surface area contributed by atoms with Crippen molar-refractivity contribution in [1.29, 1.82) is 0 Å². The fourth-order valence-corrected chi connectivity index (χ4v) is 4.04. The van der Waals surface area contributed by atoms with Crippen molar-refractivity contribution in [3.8, 4) is 11.3 Å². The molecule has 30 heavy (non-hydrogen) atoms. The van der Waals surface area contributed by atoms with Crippen molar-refractivity contribution < 1.29 is 9.59 Å². The lowest BCUT2D eigenvalue weighted by Gasteiger charge is -2.18. The van der Waals surface area contributed by atoms with Crippen LogP contribution < -0.4 is 10.2 Å². The summed E-state index contributed by atoms with van der Waals surface area (Å²) >= 11 is 1.08. The highest BCUT2D eigenvalue weighted by atomic mass is 32.1. The summed E-state index contributed by atoms with van der Waals surface area (Å²) in [5, 5.41) is 4.59. The lowest BCUT2D eigenvalue weighted by molar-refractivity contribution is -0.116. The molecule has 1 N–H and O–H groups in total. The standard InChI is InChI=1S/C23H25N3O3S/c1-4-25(5-2)22(28)17-10-12-18(13-11-17)24-21(27)14-26-20(15-30-23(26)29)19-9-7-6-8-16(19)3/h6-13,15H,4-5,14H2,1-3H3,(H,24,27). The first-order valence-corrected chi connectivity index (χ1v) is 10.8. The number of aromatic nitrogens is 1. The summed E-state index contributed by atoms with van der Waals surface area (Å²) in [6.07, 6.45) is 0. The monoisotopic (exact) mass is 423 g/mol. The Morgan fingerprint density at radius 1 is 1.03 bits per heavy atom. The van der Waals surface area contributed by atoms with Crippen LogP contribution in [-0.4, -0.2) is 34.4 Å². The largest absolute Gasteiger partial charge is 0.339 e. The molecule has 2 amide bonds. The summed E-state index contributed by atoms with van der Waals surface area (Å²) in [4.78, 5) is 38.8. The molecule has 0 saturated heterocycles. The number of hydrogen-bond acceptors (Lipinski definition) is 4. The molecule has 6 nitrogen and oxygen atoms in total. The highest BCUT2D eigenvalue weighted by molar-refractivity contribution is 7.07. The number of rotatable bonds is 7. The number of hydrogen-bond donors (Lipinski definition) is 1. The Labute approximate surface area is 179 Å². The SMILES string of the molecule is CCN(CC)C(=O)c1ccc(NC(=O)Cn2c(-c3ccccc3C)csc2=O)cc1. The Hall–Kier alpha value is -3.19. The van der Waals surface area contributed by atoms with Gasteiger partial charge < -0.3 is 10.2 Å². The molecular formula is C23H25N3O3S. The number of nitrogens with zero attached hydrogens (tertiary/aromatic N) is 2. The van der Waals surface area contributed by atoms with Crippen LogP contribution in [0.25, 0.3) is 11.3 Å². The number of carbonyl (C=O) groups is 2. The molecule has 0 aliphatic rings. The van der Waals surface area contributed by atoms with E-state index in [9.17, 15) is 14.4 Å². The molecule has 2 aromatic carbocycles. The van der Waals surface area contributed by atoms with Gasteiger partial charge in [0.1, 0.15) is 6.54 Å². The zero-order valence-corrected chi connectivity index (χ0v) is 18.2. The number of benzene rings is 2. The zero-order valence-electron chi connectivity index (χ0n) is 17.3. The highest BCUT2D eigenvalue weighted by Crippen LogP contribution is 2.23. The molecule has 1 heterocycles. The molecule has 3 aromatic rings. The van der Waals surface area contributed by atoms with Crippen LogP contribution in [0.4, 0.5) is 5.69 Å². The van der Waals surface area contributed by atoms with Crippen LogP contribution in [0.5, 0.6) is 0 Å². The quantitative estimate of drug-likeness (QED) is 0.624. The lowest BCUT2D eigenvalue weighted by atomic mass is 10.1. The van der Waals surface area contributed by atoms with Gasteiger partial charge in [0.05, 0.1) is 5.69 Å². The third-order valence-corrected chi connectivity index (χ3v) is 5.73. The summed E-state index contributed by atoms with van der Waals surface area (Å²) < 4.78 is 1.49. The summed E-state index contributed by atoms with van der Waals surface area (Å²) in [7, 11) is 0.